The molecule has 0 saturated heterocycles. The summed E-state index contributed by atoms with van der Waals surface area (Å²) >= 11 is 0. The van der Waals surface area contributed by atoms with Crippen molar-refractivity contribution in [3.8, 4) is 5.75 Å². The molecule has 0 aliphatic rings. The summed E-state index contributed by atoms with van der Waals surface area (Å²) in [6.45, 7) is 8.32. The van der Waals surface area contributed by atoms with E-state index in [1.807, 2.05) is 32.0 Å². The lowest BCUT2D eigenvalue weighted by Gasteiger charge is -2.24. The molecule has 0 N–H and O–H groups in total. The van der Waals surface area contributed by atoms with Crippen molar-refractivity contribution in [3.63, 3.8) is 0 Å². The molecule has 2 aromatic carbocycles. The first-order valence-electron chi connectivity index (χ1n) is 8.86. The zero-order valence-corrected chi connectivity index (χ0v) is 17.0. The third-order valence-corrected chi connectivity index (χ3v) is 5.95. The predicted octanol–water partition coefficient (Wildman–Crippen LogP) is 4.85. The number of hydrogen-bond donors (Lipinski definition) is 0. The van der Waals surface area contributed by atoms with E-state index < -0.39 is 10.1 Å². The first-order valence-corrected chi connectivity index (χ1v) is 10.3. The minimum Gasteiger partial charge on any atom is -0.496 e. The molecule has 0 heterocycles. The molecule has 26 heavy (non-hydrogen) atoms. The topological polar surface area (TPSA) is 52.6 Å². The summed E-state index contributed by atoms with van der Waals surface area (Å²) in [7, 11) is -2.07. The van der Waals surface area contributed by atoms with Gasteiger partial charge in [-0.1, -0.05) is 49.7 Å². The maximum absolute atomic E-state index is 12.4. The van der Waals surface area contributed by atoms with Crippen LogP contribution in [0.3, 0.4) is 0 Å². The number of ether oxygens (including phenoxy) is 1. The van der Waals surface area contributed by atoms with Gasteiger partial charge in [-0.25, -0.2) is 0 Å². The van der Waals surface area contributed by atoms with E-state index >= 15 is 0 Å². The molecule has 0 aliphatic carbocycles. The predicted molar refractivity (Wildman–Crippen MR) is 104 cm³/mol. The lowest BCUT2D eigenvalue weighted by atomic mass is 9.84. The maximum atomic E-state index is 12.4. The van der Waals surface area contributed by atoms with Crippen LogP contribution in [0.1, 0.15) is 42.9 Å². The van der Waals surface area contributed by atoms with Crippen LogP contribution >= 0.6 is 0 Å². The Labute approximate surface area is 157 Å². The highest BCUT2D eigenvalue weighted by atomic mass is 32.2. The Kier molecular flexibility index (Phi) is 6.84. The van der Waals surface area contributed by atoms with Crippen molar-refractivity contribution in [1.29, 1.82) is 0 Å². The Bertz CT molecular complexity index is 824. The maximum Gasteiger partial charge on any atom is 0.296 e. The minimum atomic E-state index is -3.74. The molecule has 2 aromatic rings. The second-order valence-electron chi connectivity index (χ2n) is 6.93. The lowest BCUT2D eigenvalue weighted by Crippen LogP contribution is -2.14. The molecule has 2 rings (SSSR count). The number of hydrogen-bond acceptors (Lipinski definition) is 4. The smallest absolute Gasteiger partial charge is 0.296 e. The van der Waals surface area contributed by atoms with Crippen molar-refractivity contribution in [1.82, 2.24) is 0 Å². The average Bonchev–Trinajstić information content (AvgIpc) is 2.58. The molecule has 142 valence electrons. The molecule has 1 atom stereocenters. The van der Waals surface area contributed by atoms with Gasteiger partial charge in [-0.05, 0) is 55.4 Å². The molecule has 0 bridgehead atoms. The van der Waals surface area contributed by atoms with E-state index in [2.05, 4.69) is 13.8 Å². The van der Waals surface area contributed by atoms with E-state index in [0.717, 1.165) is 22.4 Å². The second-order valence-corrected chi connectivity index (χ2v) is 8.54. The van der Waals surface area contributed by atoms with Gasteiger partial charge in [-0.3, -0.25) is 4.18 Å². The lowest BCUT2D eigenvalue weighted by molar-refractivity contribution is 0.282. The van der Waals surface area contributed by atoms with Gasteiger partial charge in [0, 0.05) is 0 Å². The molecule has 0 aromatic heterocycles. The number of rotatable bonds is 8. The fourth-order valence-electron chi connectivity index (χ4n) is 3.15. The monoisotopic (exact) mass is 376 g/mol. The number of aryl methyl sites for hydroxylation is 2. The van der Waals surface area contributed by atoms with Crippen LogP contribution in [0, 0.1) is 19.8 Å². The Balaban J connectivity index is 2.13. The molecule has 0 aliphatic heterocycles. The van der Waals surface area contributed by atoms with Crippen LogP contribution in [0.4, 0.5) is 0 Å². The summed E-state index contributed by atoms with van der Waals surface area (Å²) in [4.78, 5) is 0.192. The van der Waals surface area contributed by atoms with Crippen LogP contribution in [0.5, 0.6) is 5.75 Å². The fraction of sp³-hybridized carbons (Fsp3) is 0.429. The van der Waals surface area contributed by atoms with Gasteiger partial charge < -0.3 is 4.74 Å². The van der Waals surface area contributed by atoms with Crippen LogP contribution in [0.25, 0.3) is 0 Å². The van der Waals surface area contributed by atoms with Gasteiger partial charge in [0.25, 0.3) is 10.1 Å². The molecule has 0 fully saturated rings. The Morgan fingerprint density at radius 1 is 1.00 bits per heavy atom. The van der Waals surface area contributed by atoms with Crippen LogP contribution in [0.2, 0.25) is 0 Å². The first-order chi connectivity index (χ1) is 12.3. The summed E-state index contributed by atoms with van der Waals surface area (Å²) in [5, 5.41) is 0. The molecule has 4 nitrogen and oxygen atoms in total. The van der Waals surface area contributed by atoms with Gasteiger partial charge in [-0.15, -0.1) is 0 Å². The van der Waals surface area contributed by atoms with E-state index in [-0.39, 0.29) is 17.4 Å². The highest BCUT2D eigenvalue weighted by Crippen LogP contribution is 2.36. The van der Waals surface area contributed by atoms with E-state index in [4.69, 9.17) is 8.92 Å². The molecular weight excluding hydrogens is 348 g/mol. The van der Waals surface area contributed by atoms with Gasteiger partial charge in [0.15, 0.2) is 0 Å². The van der Waals surface area contributed by atoms with Crippen LogP contribution in [-0.2, 0) is 14.3 Å². The quantitative estimate of drug-likeness (QED) is 0.618. The summed E-state index contributed by atoms with van der Waals surface area (Å²) in [6, 6.07) is 12.8. The highest BCUT2D eigenvalue weighted by Gasteiger charge is 2.22. The molecule has 0 spiro atoms. The largest absolute Gasteiger partial charge is 0.496 e. The van der Waals surface area contributed by atoms with E-state index in [0.29, 0.717) is 12.3 Å². The third kappa shape index (κ3) is 4.86. The summed E-state index contributed by atoms with van der Waals surface area (Å²) in [6.07, 6.45) is 0.600. The van der Waals surface area contributed by atoms with Crippen molar-refractivity contribution in [2.45, 2.75) is 44.9 Å². The summed E-state index contributed by atoms with van der Waals surface area (Å²) in [5.41, 5.74) is 3.18. The normalized spacial score (nSPS) is 13.0. The molecule has 0 radical (unpaired) electrons. The molecule has 0 amide bonds. The third-order valence-electron chi connectivity index (χ3n) is 4.63. The van der Waals surface area contributed by atoms with Crippen molar-refractivity contribution >= 4 is 10.1 Å². The Morgan fingerprint density at radius 2 is 1.65 bits per heavy atom. The van der Waals surface area contributed by atoms with Gasteiger partial charge in [-0.2, -0.15) is 8.42 Å². The van der Waals surface area contributed by atoms with Gasteiger partial charge >= 0.3 is 0 Å². The summed E-state index contributed by atoms with van der Waals surface area (Å²) < 4.78 is 35.6. The zero-order valence-electron chi connectivity index (χ0n) is 16.2. The van der Waals surface area contributed by atoms with Crippen molar-refractivity contribution < 1.29 is 17.3 Å². The zero-order chi connectivity index (χ0) is 19.3. The van der Waals surface area contributed by atoms with Gasteiger partial charge in [0.1, 0.15) is 5.75 Å². The minimum absolute atomic E-state index is 0.135. The van der Waals surface area contributed by atoms with Gasteiger partial charge in [0.2, 0.25) is 0 Å². The van der Waals surface area contributed by atoms with Crippen LogP contribution in [0.15, 0.2) is 47.4 Å². The van der Waals surface area contributed by atoms with Crippen molar-refractivity contribution in [3.05, 3.63) is 59.2 Å². The fourth-order valence-corrected chi connectivity index (χ4v) is 4.07. The average molecular weight is 377 g/mol. The number of benzene rings is 2. The number of para-hydroxylation sites is 1. The highest BCUT2D eigenvalue weighted by molar-refractivity contribution is 7.86. The first kappa shape index (κ1) is 20.5. The molecule has 0 saturated carbocycles. The standard InChI is InChI=1S/C21H28O4S/c1-15(2)19(20-8-6-7-17(4)21(20)24-5)13-14-25-26(22,23)18-11-9-16(3)10-12-18/h6-12,15,19H,13-14H2,1-5H3. The van der Waals surface area contributed by atoms with Crippen molar-refractivity contribution in [2.24, 2.45) is 5.92 Å². The number of methoxy groups -OCH3 is 1. The Morgan fingerprint density at radius 3 is 2.23 bits per heavy atom. The molecular formula is C21H28O4S. The Hall–Kier alpha value is -1.85. The van der Waals surface area contributed by atoms with Crippen LogP contribution in [-0.4, -0.2) is 22.1 Å². The second kappa shape index (κ2) is 8.69. The molecule has 1 unspecified atom stereocenters. The van der Waals surface area contributed by atoms with E-state index in [1.54, 1.807) is 31.4 Å². The van der Waals surface area contributed by atoms with Crippen molar-refractivity contribution in [2.75, 3.05) is 13.7 Å². The van der Waals surface area contributed by atoms with E-state index in [9.17, 15) is 8.42 Å². The van der Waals surface area contributed by atoms with Crippen LogP contribution < -0.4 is 4.74 Å². The van der Waals surface area contributed by atoms with E-state index in [1.165, 1.54) is 0 Å². The van der Waals surface area contributed by atoms with Gasteiger partial charge in [0.05, 0.1) is 18.6 Å². The summed E-state index contributed by atoms with van der Waals surface area (Å²) in [5.74, 6) is 1.35. The molecule has 5 heteroatoms. The SMILES string of the molecule is COc1c(C)cccc1C(CCOS(=O)(=O)c1ccc(C)cc1)C(C)C.